The minimum Gasteiger partial charge on any atom is -0.399 e. The molecule has 0 aliphatic carbocycles. The molecule has 3 nitrogen and oxygen atoms in total. The molecular formula is C7H7F3N2O. The Balaban J connectivity index is 2.51. The van der Waals surface area contributed by atoms with E-state index < -0.39 is 6.36 Å². The number of halogens is 3. The highest BCUT2D eigenvalue weighted by Gasteiger charge is 2.29. The zero-order valence-corrected chi connectivity index (χ0v) is 6.43. The van der Waals surface area contributed by atoms with Gasteiger partial charge in [0, 0.05) is 5.69 Å². The average molecular weight is 192 g/mol. The Kier molecular flexibility index (Phi) is 2.62. The summed E-state index contributed by atoms with van der Waals surface area (Å²) in [5.41, 5.74) is 7.71. The van der Waals surface area contributed by atoms with Crippen molar-refractivity contribution in [2.24, 2.45) is 0 Å². The number of anilines is 2. The first-order chi connectivity index (χ1) is 5.97. The number of nitrogens with one attached hydrogen (secondary N) is 1. The number of nitrogens with two attached hydrogens (primary N) is 1. The molecule has 72 valence electrons. The van der Waals surface area contributed by atoms with Crippen molar-refractivity contribution in [3.63, 3.8) is 0 Å². The van der Waals surface area contributed by atoms with E-state index in [1.54, 1.807) is 5.48 Å². The van der Waals surface area contributed by atoms with Crippen LogP contribution in [0.15, 0.2) is 24.3 Å². The molecule has 0 unspecified atom stereocenters. The lowest BCUT2D eigenvalue weighted by Crippen LogP contribution is -2.17. The summed E-state index contributed by atoms with van der Waals surface area (Å²) in [6.45, 7) is 0. The van der Waals surface area contributed by atoms with Crippen LogP contribution in [0.2, 0.25) is 0 Å². The summed E-state index contributed by atoms with van der Waals surface area (Å²) < 4.78 is 34.5. The summed E-state index contributed by atoms with van der Waals surface area (Å²) in [6, 6.07) is 5.67. The van der Waals surface area contributed by atoms with E-state index in [9.17, 15) is 13.2 Å². The van der Waals surface area contributed by atoms with Gasteiger partial charge >= 0.3 is 6.36 Å². The van der Waals surface area contributed by atoms with Crippen molar-refractivity contribution in [1.29, 1.82) is 0 Å². The van der Waals surface area contributed by atoms with Crippen molar-refractivity contribution in [3.8, 4) is 0 Å². The fraction of sp³-hybridized carbons (Fsp3) is 0.143. The Hall–Kier alpha value is -1.43. The average Bonchev–Trinajstić information content (AvgIpc) is 2.02. The number of benzene rings is 1. The third kappa shape index (κ3) is 3.66. The van der Waals surface area contributed by atoms with Crippen LogP contribution in [-0.2, 0) is 4.84 Å². The molecule has 0 aliphatic heterocycles. The Morgan fingerprint density at radius 2 is 1.69 bits per heavy atom. The SMILES string of the molecule is Nc1ccc(NOC(F)(F)F)cc1. The van der Waals surface area contributed by atoms with Crippen molar-refractivity contribution in [2.45, 2.75) is 6.36 Å². The van der Waals surface area contributed by atoms with E-state index in [0.29, 0.717) is 5.69 Å². The van der Waals surface area contributed by atoms with Crippen LogP contribution in [0.25, 0.3) is 0 Å². The number of alkyl halides is 3. The minimum absolute atomic E-state index is 0.187. The maximum atomic E-state index is 11.5. The first-order valence-electron chi connectivity index (χ1n) is 3.34. The van der Waals surface area contributed by atoms with Crippen molar-refractivity contribution in [2.75, 3.05) is 11.2 Å². The highest BCUT2D eigenvalue weighted by Crippen LogP contribution is 2.18. The molecule has 1 aromatic carbocycles. The van der Waals surface area contributed by atoms with E-state index >= 15 is 0 Å². The van der Waals surface area contributed by atoms with Gasteiger partial charge in [0.1, 0.15) is 0 Å². The molecule has 0 heterocycles. The maximum Gasteiger partial charge on any atom is 0.543 e. The topological polar surface area (TPSA) is 47.3 Å². The van der Waals surface area contributed by atoms with Crippen LogP contribution in [0, 0.1) is 0 Å². The van der Waals surface area contributed by atoms with Gasteiger partial charge in [-0.1, -0.05) is 0 Å². The quantitative estimate of drug-likeness (QED) is 0.557. The van der Waals surface area contributed by atoms with E-state index in [2.05, 4.69) is 4.84 Å². The van der Waals surface area contributed by atoms with Crippen LogP contribution in [0.1, 0.15) is 0 Å². The molecule has 0 atom stereocenters. The van der Waals surface area contributed by atoms with Crippen molar-refractivity contribution in [1.82, 2.24) is 0 Å². The molecule has 1 aromatic rings. The molecule has 0 radical (unpaired) electrons. The molecule has 0 saturated carbocycles. The molecule has 0 spiro atoms. The second-order valence-corrected chi connectivity index (χ2v) is 2.27. The highest BCUT2D eigenvalue weighted by atomic mass is 19.4. The monoisotopic (exact) mass is 192 g/mol. The van der Waals surface area contributed by atoms with Crippen LogP contribution in [-0.4, -0.2) is 6.36 Å². The highest BCUT2D eigenvalue weighted by molar-refractivity contribution is 5.49. The lowest BCUT2D eigenvalue weighted by atomic mass is 10.3. The van der Waals surface area contributed by atoms with Gasteiger partial charge in [-0.2, -0.15) is 4.84 Å². The summed E-state index contributed by atoms with van der Waals surface area (Å²) in [7, 11) is 0. The molecule has 6 heteroatoms. The Morgan fingerprint density at radius 3 is 2.15 bits per heavy atom. The summed E-state index contributed by atoms with van der Waals surface area (Å²) >= 11 is 0. The normalized spacial score (nSPS) is 11.3. The zero-order valence-electron chi connectivity index (χ0n) is 6.43. The van der Waals surface area contributed by atoms with E-state index in [1.165, 1.54) is 24.3 Å². The van der Waals surface area contributed by atoms with Crippen LogP contribution in [0.4, 0.5) is 24.5 Å². The largest absolute Gasteiger partial charge is 0.543 e. The molecule has 0 saturated heterocycles. The van der Waals surface area contributed by atoms with Crippen LogP contribution in [0.5, 0.6) is 0 Å². The van der Waals surface area contributed by atoms with Gasteiger partial charge in [0.05, 0.1) is 5.69 Å². The van der Waals surface area contributed by atoms with Gasteiger partial charge in [-0.3, -0.25) is 5.48 Å². The van der Waals surface area contributed by atoms with Crippen molar-refractivity contribution >= 4 is 11.4 Å². The number of hydrogen-bond acceptors (Lipinski definition) is 3. The Morgan fingerprint density at radius 1 is 1.15 bits per heavy atom. The van der Waals surface area contributed by atoms with Crippen molar-refractivity contribution in [3.05, 3.63) is 24.3 Å². The first-order valence-corrected chi connectivity index (χ1v) is 3.34. The third-order valence-electron chi connectivity index (χ3n) is 1.20. The maximum absolute atomic E-state index is 11.5. The van der Waals surface area contributed by atoms with Gasteiger partial charge in [-0.25, -0.2) is 0 Å². The molecule has 0 bridgehead atoms. The smallest absolute Gasteiger partial charge is 0.399 e. The molecule has 0 aromatic heterocycles. The van der Waals surface area contributed by atoms with Gasteiger partial charge in [0.2, 0.25) is 0 Å². The van der Waals surface area contributed by atoms with Gasteiger partial charge in [-0.15, -0.1) is 13.2 Å². The third-order valence-corrected chi connectivity index (χ3v) is 1.20. The van der Waals surface area contributed by atoms with Gasteiger partial charge in [-0.05, 0) is 24.3 Å². The summed E-state index contributed by atoms with van der Waals surface area (Å²) in [6.07, 6.45) is -4.69. The standard InChI is InChI=1S/C7H7F3N2O/c8-7(9,10)13-12-6-3-1-5(11)2-4-6/h1-4,12H,11H2. The Bertz CT molecular complexity index is 270. The number of hydrogen-bond donors (Lipinski definition) is 2. The molecule has 0 aliphatic rings. The van der Waals surface area contributed by atoms with Crippen LogP contribution in [0.3, 0.4) is 0 Å². The van der Waals surface area contributed by atoms with Crippen LogP contribution >= 0.6 is 0 Å². The molecule has 0 fully saturated rings. The lowest BCUT2D eigenvalue weighted by Gasteiger charge is -2.08. The summed E-state index contributed by atoms with van der Waals surface area (Å²) in [5, 5.41) is 0. The van der Waals surface area contributed by atoms with E-state index in [-0.39, 0.29) is 5.69 Å². The predicted octanol–water partition coefficient (Wildman–Crippen LogP) is 2.13. The van der Waals surface area contributed by atoms with Gasteiger partial charge < -0.3 is 5.73 Å². The fourth-order valence-electron chi connectivity index (χ4n) is 0.668. The second kappa shape index (κ2) is 3.53. The Labute approximate surface area is 72.3 Å². The van der Waals surface area contributed by atoms with Gasteiger partial charge in [0.15, 0.2) is 0 Å². The van der Waals surface area contributed by atoms with E-state index in [4.69, 9.17) is 5.73 Å². The predicted molar refractivity (Wildman–Crippen MR) is 41.6 cm³/mol. The first kappa shape index (κ1) is 9.66. The van der Waals surface area contributed by atoms with Crippen LogP contribution < -0.4 is 11.2 Å². The minimum atomic E-state index is -4.69. The van der Waals surface area contributed by atoms with Gasteiger partial charge in [0.25, 0.3) is 0 Å². The fourth-order valence-corrected chi connectivity index (χ4v) is 0.668. The molecule has 3 N–H and O–H groups in total. The molecule has 1 rings (SSSR count). The van der Waals surface area contributed by atoms with E-state index in [1.807, 2.05) is 0 Å². The second-order valence-electron chi connectivity index (χ2n) is 2.27. The molecular weight excluding hydrogens is 185 g/mol. The molecule has 0 amide bonds. The van der Waals surface area contributed by atoms with E-state index in [0.717, 1.165) is 0 Å². The zero-order chi connectivity index (χ0) is 9.90. The summed E-state index contributed by atoms with van der Waals surface area (Å²) in [4.78, 5) is 3.36. The summed E-state index contributed by atoms with van der Waals surface area (Å²) in [5.74, 6) is 0. The molecule has 13 heavy (non-hydrogen) atoms. The lowest BCUT2D eigenvalue weighted by molar-refractivity contribution is -0.311. The number of rotatable bonds is 2. The number of nitrogen functional groups attached to an aromatic ring is 1. The van der Waals surface area contributed by atoms with Crippen molar-refractivity contribution < 1.29 is 18.0 Å².